The maximum atomic E-state index is 13.5. The average Bonchev–Trinajstić information content (AvgIpc) is 2.26. The van der Waals surface area contributed by atoms with Crippen LogP contribution in [0.4, 0.5) is 9.18 Å². The molecule has 0 bridgehead atoms. The Labute approximate surface area is 119 Å². The van der Waals surface area contributed by atoms with Gasteiger partial charge in [0.25, 0.3) is 0 Å². The molecular formula is C16H22FNO2. The minimum atomic E-state index is -0.479. The van der Waals surface area contributed by atoms with E-state index < -0.39 is 5.60 Å². The Morgan fingerprint density at radius 1 is 1.45 bits per heavy atom. The van der Waals surface area contributed by atoms with Crippen LogP contribution in [0, 0.1) is 12.7 Å². The first kappa shape index (κ1) is 14.8. The van der Waals surface area contributed by atoms with Gasteiger partial charge in [-0.15, -0.1) is 0 Å². The maximum absolute atomic E-state index is 13.5. The maximum Gasteiger partial charge on any atom is 0.410 e. The number of hydrogen-bond acceptors (Lipinski definition) is 2. The van der Waals surface area contributed by atoms with Crippen molar-refractivity contribution >= 4 is 6.09 Å². The van der Waals surface area contributed by atoms with Gasteiger partial charge in [0, 0.05) is 12.6 Å². The summed E-state index contributed by atoms with van der Waals surface area (Å²) in [6.45, 7) is 8.03. The fourth-order valence-corrected chi connectivity index (χ4v) is 2.25. The zero-order chi connectivity index (χ0) is 14.9. The molecule has 0 aliphatic carbocycles. The summed E-state index contributed by atoms with van der Waals surface area (Å²) in [5.41, 5.74) is 1.09. The molecule has 4 heteroatoms. The monoisotopic (exact) mass is 279 g/mol. The standard InChI is InChI=1S/C16H22FNO2/c1-11-5-6-12(10-14(11)17)9-13-7-8-18(13)15(19)20-16(2,3)4/h5-6,10,13H,7-9H2,1-4H3/t13-/m0/s1. The van der Waals surface area contributed by atoms with Gasteiger partial charge in [0.05, 0.1) is 0 Å². The van der Waals surface area contributed by atoms with E-state index in [0.717, 1.165) is 12.0 Å². The van der Waals surface area contributed by atoms with Crippen LogP contribution in [-0.4, -0.2) is 29.2 Å². The number of ether oxygens (including phenoxy) is 1. The van der Waals surface area contributed by atoms with Crippen molar-refractivity contribution in [2.75, 3.05) is 6.54 Å². The van der Waals surface area contributed by atoms with Gasteiger partial charge in [0.2, 0.25) is 0 Å². The van der Waals surface area contributed by atoms with E-state index in [4.69, 9.17) is 4.74 Å². The molecule has 1 aliphatic heterocycles. The van der Waals surface area contributed by atoms with Crippen LogP contribution < -0.4 is 0 Å². The Bertz CT molecular complexity index is 508. The highest BCUT2D eigenvalue weighted by Crippen LogP contribution is 2.25. The third-order valence-corrected chi connectivity index (χ3v) is 3.48. The van der Waals surface area contributed by atoms with Gasteiger partial charge in [-0.1, -0.05) is 12.1 Å². The molecular weight excluding hydrogens is 257 g/mol. The molecule has 1 atom stereocenters. The second-order valence-corrected chi connectivity index (χ2v) is 6.40. The summed E-state index contributed by atoms with van der Waals surface area (Å²) in [4.78, 5) is 13.7. The lowest BCUT2D eigenvalue weighted by Crippen LogP contribution is -2.53. The number of likely N-dealkylation sites (tertiary alicyclic amines) is 1. The predicted molar refractivity (Wildman–Crippen MR) is 76.2 cm³/mol. The van der Waals surface area contributed by atoms with E-state index in [1.165, 1.54) is 0 Å². The van der Waals surface area contributed by atoms with Crippen molar-refractivity contribution in [1.29, 1.82) is 0 Å². The number of carbonyl (C=O) groups is 1. The number of carbonyl (C=O) groups excluding carboxylic acids is 1. The molecule has 1 aromatic rings. The smallest absolute Gasteiger partial charge is 0.410 e. The van der Waals surface area contributed by atoms with Crippen LogP contribution in [-0.2, 0) is 11.2 Å². The van der Waals surface area contributed by atoms with E-state index in [1.807, 2.05) is 26.8 Å². The van der Waals surface area contributed by atoms with Gasteiger partial charge in [0.1, 0.15) is 11.4 Å². The molecule has 0 aromatic heterocycles. The lowest BCUT2D eigenvalue weighted by molar-refractivity contribution is -0.00498. The summed E-state index contributed by atoms with van der Waals surface area (Å²) in [5.74, 6) is -0.189. The van der Waals surface area contributed by atoms with E-state index in [-0.39, 0.29) is 18.0 Å². The number of aryl methyl sites for hydroxylation is 1. The number of hydrogen-bond donors (Lipinski definition) is 0. The van der Waals surface area contributed by atoms with Crippen LogP contribution in [0.1, 0.15) is 38.3 Å². The predicted octanol–water partition coefficient (Wildman–Crippen LogP) is 3.69. The summed E-state index contributed by atoms with van der Waals surface area (Å²) >= 11 is 0. The second kappa shape index (κ2) is 5.43. The number of halogens is 1. The number of amides is 1. The Morgan fingerprint density at radius 2 is 2.15 bits per heavy atom. The van der Waals surface area contributed by atoms with Gasteiger partial charge in [0.15, 0.2) is 0 Å². The SMILES string of the molecule is Cc1ccc(C[C@@H]2CCN2C(=O)OC(C)(C)C)cc1F. The van der Waals surface area contributed by atoms with Crippen molar-refractivity contribution in [2.24, 2.45) is 0 Å². The molecule has 2 rings (SSSR count). The molecule has 1 aromatic carbocycles. The molecule has 3 nitrogen and oxygen atoms in total. The Morgan fingerprint density at radius 3 is 2.65 bits per heavy atom. The molecule has 1 saturated heterocycles. The zero-order valence-corrected chi connectivity index (χ0v) is 12.6. The van der Waals surface area contributed by atoms with Crippen molar-refractivity contribution in [2.45, 2.75) is 52.2 Å². The highest BCUT2D eigenvalue weighted by Gasteiger charge is 2.35. The minimum Gasteiger partial charge on any atom is -0.444 e. The number of benzene rings is 1. The lowest BCUT2D eigenvalue weighted by Gasteiger charge is -2.41. The minimum absolute atomic E-state index is 0.118. The molecule has 1 heterocycles. The molecule has 20 heavy (non-hydrogen) atoms. The van der Waals surface area contributed by atoms with Crippen LogP contribution in [0.15, 0.2) is 18.2 Å². The molecule has 1 aliphatic rings. The largest absolute Gasteiger partial charge is 0.444 e. The summed E-state index contributed by atoms with van der Waals surface area (Å²) < 4.78 is 18.9. The van der Waals surface area contributed by atoms with Gasteiger partial charge in [-0.05, 0) is 57.7 Å². The normalized spacial score (nSPS) is 18.6. The Hall–Kier alpha value is -1.58. The van der Waals surface area contributed by atoms with Crippen molar-refractivity contribution in [1.82, 2.24) is 4.90 Å². The lowest BCUT2D eigenvalue weighted by atomic mass is 9.95. The summed E-state index contributed by atoms with van der Waals surface area (Å²) in [6, 6.07) is 5.37. The van der Waals surface area contributed by atoms with E-state index in [1.54, 1.807) is 24.0 Å². The van der Waals surface area contributed by atoms with Gasteiger partial charge < -0.3 is 9.64 Å². The number of nitrogens with zero attached hydrogens (tertiary/aromatic N) is 1. The molecule has 1 fully saturated rings. The molecule has 1 amide bonds. The Kier molecular flexibility index (Phi) is 4.02. The van der Waals surface area contributed by atoms with Crippen LogP contribution in [0.2, 0.25) is 0 Å². The molecule has 0 radical (unpaired) electrons. The van der Waals surface area contributed by atoms with E-state index >= 15 is 0 Å². The molecule has 0 spiro atoms. The molecule has 0 saturated carbocycles. The zero-order valence-electron chi connectivity index (χ0n) is 12.6. The van der Waals surface area contributed by atoms with E-state index in [2.05, 4.69) is 0 Å². The summed E-state index contributed by atoms with van der Waals surface area (Å²) in [7, 11) is 0. The average molecular weight is 279 g/mol. The highest BCUT2D eigenvalue weighted by molar-refractivity contribution is 5.69. The molecule has 0 N–H and O–H groups in total. The van der Waals surface area contributed by atoms with Crippen LogP contribution >= 0.6 is 0 Å². The van der Waals surface area contributed by atoms with Crippen molar-refractivity contribution in [3.8, 4) is 0 Å². The van der Waals surface area contributed by atoms with E-state index in [9.17, 15) is 9.18 Å². The van der Waals surface area contributed by atoms with Gasteiger partial charge >= 0.3 is 6.09 Å². The summed E-state index contributed by atoms with van der Waals surface area (Å²) in [5, 5.41) is 0. The van der Waals surface area contributed by atoms with Gasteiger partial charge in [-0.3, -0.25) is 0 Å². The highest BCUT2D eigenvalue weighted by atomic mass is 19.1. The molecule has 110 valence electrons. The fraction of sp³-hybridized carbons (Fsp3) is 0.562. The first-order valence-corrected chi connectivity index (χ1v) is 7.01. The van der Waals surface area contributed by atoms with Crippen LogP contribution in [0.5, 0.6) is 0 Å². The van der Waals surface area contributed by atoms with Crippen molar-refractivity contribution in [3.63, 3.8) is 0 Å². The number of rotatable bonds is 2. The third kappa shape index (κ3) is 3.50. The summed E-state index contributed by atoms with van der Waals surface area (Å²) in [6.07, 6.45) is 1.34. The quantitative estimate of drug-likeness (QED) is 0.826. The van der Waals surface area contributed by atoms with Gasteiger partial charge in [-0.2, -0.15) is 0 Å². The van der Waals surface area contributed by atoms with Crippen LogP contribution in [0.3, 0.4) is 0 Å². The topological polar surface area (TPSA) is 29.5 Å². The molecule has 0 unspecified atom stereocenters. The van der Waals surface area contributed by atoms with Gasteiger partial charge in [-0.25, -0.2) is 9.18 Å². The Balaban J connectivity index is 1.97. The van der Waals surface area contributed by atoms with Crippen molar-refractivity contribution < 1.29 is 13.9 Å². The second-order valence-electron chi connectivity index (χ2n) is 6.40. The first-order chi connectivity index (χ1) is 9.26. The fourth-order valence-electron chi connectivity index (χ4n) is 2.25. The third-order valence-electron chi connectivity index (χ3n) is 3.48. The first-order valence-electron chi connectivity index (χ1n) is 7.01. The van der Waals surface area contributed by atoms with E-state index in [0.29, 0.717) is 18.5 Å². The van der Waals surface area contributed by atoms with Crippen LogP contribution in [0.25, 0.3) is 0 Å². The van der Waals surface area contributed by atoms with Crippen molar-refractivity contribution in [3.05, 3.63) is 35.1 Å².